The molecular formula is C26H22N4O4. The molecular weight excluding hydrogens is 432 g/mol. The number of hydrogen-bond acceptors (Lipinski definition) is 5. The molecule has 1 heterocycles. The van der Waals surface area contributed by atoms with E-state index in [9.17, 15) is 14.9 Å². The van der Waals surface area contributed by atoms with Crippen molar-refractivity contribution in [2.75, 3.05) is 13.2 Å². The number of aromatic amines is 1. The minimum Gasteiger partial charge on any atom is -0.449 e. The number of aromatic nitrogens is 2. The third-order valence-electron chi connectivity index (χ3n) is 5.99. The molecule has 0 saturated heterocycles. The first-order chi connectivity index (χ1) is 16.6. The highest BCUT2D eigenvalue weighted by molar-refractivity contribution is 5.88. The van der Waals surface area contributed by atoms with Gasteiger partial charge >= 0.3 is 6.09 Å². The minimum absolute atomic E-state index is 0.0143. The van der Waals surface area contributed by atoms with E-state index in [1.54, 1.807) is 12.1 Å². The van der Waals surface area contributed by atoms with Crippen molar-refractivity contribution in [1.29, 1.82) is 0 Å². The van der Waals surface area contributed by atoms with Crippen molar-refractivity contribution in [3.63, 3.8) is 0 Å². The highest BCUT2D eigenvalue weighted by Crippen LogP contribution is 2.44. The van der Waals surface area contributed by atoms with Crippen LogP contribution in [0.15, 0.2) is 72.8 Å². The molecule has 8 heteroatoms. The second kappa shape index (κ2) is 9.19. The van der Waals surface area contributed by atoms with Crippen LogP contribution in [0.3, 0.4) is 0 Å². The molecule has 2 N–H and O–H groups in total. The number of hydrogen-bond donors (Lipinski definition) is 2. The molecule has 4 aromatic rings. The third kappa shape index (κ3) is 4.13. The fourth-order valence-electron chi connectivity index (χ4n) is 4.37. The second-order valence-corrected chi connectivity index (χ2v) is 8.04. The summed E-state index contributed by atoms with van der Waals surface area (Å²) in [5.41, 5.74) is 6.07. The summed E-state index contributed by atoms with van der Waals surface area (Å²) in [7, 11) is 0. The summed E-state index contributed by atoms with van der Waals surface area (Å²) in [6.45, 7) is 0.675. The number of alkyl carbamates (subject to hydrolysis) is 1. The Balaban J connectivity index is 1.14. The molecule has 1 amide bonds. The van der Waals surface area contributed by atoms with E-state index in [-0.39, 0.29) is 18.2 Å². The number of nitrogens with zero attached hydrogens (tertiary/aromatic N) is 2. The first-order valence-corrected chi connectivity index (χ1v) is 11.0. The Bertz CT molecular complexity index is 1360. The lowest BCUT2D eigenvalue weighted by atomic mass is 9.98. The van der Waals surface area contributed by atoms with Gasteiger partial charge in [0, 0.05) is 30.0 Å². The van der Waals surface area contributed by atoms with Crippen molar-refractivity contribution in [1.82, 2.24) is 15.5 Å². The fourth-order valence-corrected chi connectivity index (χ4v) is 4.37. The normalized spacial score (nSPS) is 12.6. The van der Waals surface area contributed by atoms with Crippen LogP contribution in [-0.2, 0) is 4.74 Å². The Labute approximate surface area is 195 Å². The van der Waals surface area contributed by atoms with Crippen molar-refractivity contribution in [2.24, 2.45) is 0 Å². The summed E-state index contributed by atoms with van der Waals surface area (Å²) in [4.78, 5) is 22.8. The number of H-pyrrole nitrogens is 1. The van der Waals surface area contributed by atoms with Crippen LogP contribution in [0.1, 0.15) is 29.2 Å². The van der Waals surface area contributed by atoms with E-state index in [0.29, 0.717) is 29.6 Å². The Kier molecular flexibility index (Phi) is 5.78. The smallest absolute Gasteiger partial charge is 0.407 e. The molecule has 0 spiro atoms. The van der Waals surface area contributed by atoms with Crippen LogP contribution >= 0.6 is 0 Å². The molecule has 34 heavy (non-hydrogen) atoms. The number of nitrogens with one attached hydrogen (secondary N) is 2. The van der Waals surface area contributed by atoms with E-state index in [2.05, 4.69) is 39.8 Å². The number of ether oxygens (including phenoxy) is 1. The summed E-state index contributed by atoms with van der Waals surface area (Å²) in [6, 6.07) is 20.9. The van der Waals surface area contributed by atoms with E-state index in [4.69, 9.17) is 4.74 Å². The van der Waals surface area contributed by atoms with Gasteiger partial charge < -0.3 is 10.1 Å². The van der Waals surface area contributed by atoms with Crippen molar-refractivity contribution in [2.45, 2.75) is 12.3 Å². The zero-order valence-corrected chi connectivity index (χ0v) is 18.2. The number of nitro benzene ring substituents is 1. The quantitative estimate of drug-likeness (QED) is 0.220. The molecule has 3 aromatic carbocycles. The summed E-state index contributed by atoms with van der Waals surface area (Å²) < 4.78 is 5.53. The highest BCUT2D eigenvalue weighted by atomic mass is 16.6. The predicted molar refractivity (Wildman–Crippen MR) is 129 cm³/mol. The molecule has 1 aromatic heterocycles. The first kappa shape index (κ1) is 21.4. The number of non-ortho nitro benzene ring substituents is 1. The van der Waals surface area contributed by atoms with Gasteiger partial charge in [0.05, 0.1) is 16.1 Å². The summed E-state index contributed by atoms with van der Waals surface area (Å²) in [5.74, 6) is 0.0239. The standard InChI is InChI=1S/C26H22N4O4/c31-26(34-16-23-20-9-3-1-7-18(20)19-8-2-4-10-21(19)23)27-14-6-5-11-24-22-15-17(30(32)33)12-13-25(22)29-28-24/h1-5,7-13,15,23H,6,14,16H2,(H,27,31)(H,28,29). The van der Waals surface area contributed by atoms with Gasteiger partial charge in [-0.25, -0.2) is 4.79 Å². The van der Waals surface area contributed by atoms with Gasteiger partial charge in [-0.15, -0.1) is 0 Å². The Morgan fingerprint density at radius 1 is 1.09 bits per heavy atom. The zero-order chi connectivity index (χ0) is 23.5. The van der Waals surface area contributed by atoms with Gasteiger partial charge in [0.25, 0.3) is 5.69 Å². The molecule has 0 radical (unpaired) electrons. The number of carbonyl (C=O) groups is 1. The molecule has 170 valence electrons. The Morgan fingerprint density at radius 3 is 2.50 bits per heavy atom. The summed E-state index contributed by atoms with van der Waals surface area (Å²) >= 11 is 0. The van der Waals surface area contributed by atoms with Crippen LogP contribution in [0.25, 0.3) is 28.1 Å². The van der Waals surface area contributed by atoms with E-state index in [1.807, 2.05) is 30.3 Å². The number of carbonyl (C=O) groups excluding carboxylic acids is 1. The maximum absolute atomic E-state index is 12.3. The largest absolute Gasteiger partial charge is 0.449 e. The van der Waals surface area contributed by atoms with Gasteiger partial charge in [0.2, 0.25) is 0 Å². The Morgan fingerprint density at radius 2 is 1.79 bits per heavy atom. The van der Waals surface area contributed by atoms with Crippen molar-refractivity contribution in [3.8, 4) is 11.1 Å². The van der Waals surface area contributed by atoms with Gasteiger partial charge in [-0.3, -0.25) is 15.2 Å². The molecule has 0 fully saturated rings. The maximum atomic E-state index is 12.3. The highest BCUT2D eigenvalue weighted by Gasteiger charge is 2.28. The lowest BCUT2D eigenvalue weighted by molar-refractivity contribution is -0.384. The average Bonchev–Trinajstić information content (AvgIpc) is 3.41. The minimum atomic E-state index is -0.460. The van der Waals surface area contributed by atoms with Gasteiger partial charge in [0.15, 0.2) is 0 Å². The lowest BCUT2D eigenvalue weighted by Gasteiger charge is -2.14. The third-order valence-corrected chi connectivity index (χ3v) is 5.99. The first-order valence-electron chi connectivity index (χ1n) is 11.0. The van der Waals surface area contributed by atoms with Crippen molar-refractivity contribution < 1.29 is 14.5 Å². The van der Waals surface area contributed by atoms with Crippen LogP contribution < -0.4 is 5.32 Å². The molecule has 0 atom stereocenters. The molecule has 1 aliphatic carbocycles. The topological polar surface area (TPSA) is 110 Å². The number of nitro groups is 1. The molecule has 0 unspecified atom stereocenters. The van der Waals surface area contributed by atoms with E-state index in [1.165, 1.54) is 34.4 Å². The van der Waals surface area contributed by atoms with Crippen LogP contribution in [0.5, 0.6) is 0 Å². The predicted octanol–water partition coefficient (Wildman–Crippen LogP) is 5.41. The van der Waals surface area contributed by atoms with Gasteiger partial charge in [-0.2, -0.15) is 5.10 Å². The van der Waals surface area contributed by atoms with Gasteiger partial charge in [-0.1, -0.05) is 54.6 Å². The van der Waals surface area contributed by atoms with E-state index >= 15 is 0 Å². The molecule has 0 saturated carbocycles. The summed E-state index contributed by atoms with van der Waals surface area (Å²) in [6.07, 6.45) is 3.78. The zero-order valence-electron chi connectivity index (χ0n) is 18.2. The summed E-state index contributed by atoms with van der Waals surface area (Å²) in [5, 5.41) is 21.5. The van der Waals surface area contributed by atoms with E-state index < -0.39 is 11.0 Å². The molecule has 5 rings (SSSR count). The molecule has 0 bridgehead atoms. The molecule has 1 aliphatic rings. The number of amides is 1. The van der Waals surface area contributed by atoms with Crippen molar-refractivity contribution >= 4 is 28.8 Å². The lowest BCUT2D eigenvalue weighted by Crippen LogP contribution is -2.26. The molecule has 0 aliphatic heterocycles. The van der Waals surface area contributed by atoms with Crippen molar-refractivity contribution in [3.05, 3.63) is 99.7 Å². The SMILES string of the molecule is O=C(NCCC=Cc1[nH]nc2ccc([N+](=O)[O-])cc12)OCC1c2ccccc2-c2ccccc21. The number of benzene rings is 3. The van der Waals surface area contributed by atoms with Crippen LogP contribution in [0, 0.1) is 10.1 Å². The number of fused-ring (bicyclic) bond motifs is 4. The average molecular weight is 454 g/mol. The monoisotopic (exact) mass is 454 g/mol. The van der Waals surface area contributed by atoms with Crippen LogP contribution in [0.2, 0.25) is 0 Å². The van der Waals surface area contributed by atoms with E-state index in [0.717, 1.165) is 0 Å². The Hall–Kier alpha value is -4.46. The van der Waals surface area contributed by atoms with Crippen LogP contribution in [-0.4, -0.2) is 34.4 Å². The van der Waals surface area contributed by atoms with Gasteiger partial charge in [-0.05, 0) is 40.8 Å². The number of rotatable bonds is 7. The molecule has 8 nitrogen and oxygen atoms in total. The maximum Gasteiger partial charge on any atom is 0.407 e. The fraction of sp³-hybridized carbons (Fsp3) is 0.154. The van der Waals surface area contributed by atoms with Crippen LogP contribution in [0.4, 0.5) is 10.5 Å². The second-order valence-electron chi connectivity index (χ2n) is 8.04. The van der Waals surface area contributed by atoms with Gasteiger partial charge in [0.1, 0.15) is 6.61 Å².